The largest absolute Gasteiger partial charge is 0.381 e. The van der Waals surface area contributed by atoms with Crippen molar-refractivity contribution in [3.8, 4) is 0 Å². The Kier molecular flexibility index (Phi) is 2.92. The van der Waals surface area contributed by atoms with Crippen molar-refractivity contribution in [2.45, 2.75) is 19.1 Å². The van der Waals surface area contributed by atoms with Crippen LogP contribution in [0.15, 0.2) is 24.5 Å². The van der Waals surface area contributed by atoms with E-state index in [9.17, 15) is 15.2 Å². The minimum absolute atomic E-state index is 0.509. The summed E-state index contributed by atoms with van der Waals surface area (Å²) in [6.45, 7) is 1.37. The van der Waals surface area contributed by atoms with Gasteiger partial charge in [-0.1, -0.05) is 0 Å². The van der Waals surface area contributed by atoms with Gasteiger partial charge in [0, 0.05) is 24.2 Å². The van der Waals surface area contributed by atoms with Crippen LogP contribution in [0.5, 0.6) is 0 Å². The molecule has 1 aromatic rings. The molecule has 0 saturated heterocycles. The molecule has 0 aliphatic carbocycles. The maximum Gasteiger partial charge on any atom is 0.239 e. The first-order chi connectivity index (χ1) is 6.13. The fourth-order valence-corrected chi connectivity index (χ4v) is 0.954. The molecule has 1 heterocycles. The SMILES string of the molecule is C[C@@H]([C@H](O)c1ccncc1)[N+](=O)[O-]. The van der Waals surface area contributed by atoms with E-state index in [4.69, 9.17) is 0 Å². The highest BCUT2D eigenvalue weighted by Gasteiger charge is 2.25. The molecule has 5 heteroatoms. The number of rotatable bonds is 3. The molecule has 0 bridgehead atoms. The van der Waals surface area contributed by atoms with Crippen molar-refractivity contribution in [2.75, 3.05) is 0 Å². The molecule has 0 amide bonds. The molecule has 0 fully saturated rings. The van der Waals surface area contributed by atoms with Crippen molar-refractivity contribution >= 4 is 0 Å². The summed E-state index contributed by atoms with van der Waals surface area (Å²) in [4.78, 5) is 13.6. The summed E-state index contributed by atoms with van der Waals surface area (Å²) in [5, 5.41) is 19.8. The lowest BCUT2D eigenvalue weighted by Gasteiger charge is -2.11. The van der Waals surface area contributed by atoms with Gasteiger partial charge in [0.2, 0.25) is 6.04 Å². The van der Waals surface area contributed by atoms with E-state index in [2.05, 4.69) is 4.98 Å². The van der Waals surface area contributed by atoms with E-state index in [1.54, 1.807) is 12.1 Å². The van der Waals surface area contributed by atoms with Crippen LogP contribution in [0.3, 0.4) is 0 Å². The van der Waals surface area contributed by atoms with Crippen molar-refractivity contribution in [3.05, 3.63) is 40.2 Å². The summed E-state index contributed by atoms with van der Waals surface area (Å²) in [5.74, 6) is 0. The standard InChI is InChI=1S/C8H10N2O3/c1-6(10(12)13)8(11)7-2-4-9-5-3-7/h2-6,8,11H,1H3/t6-,8-/m0/s1. The third-order valence-corrected chi connectivity index (χ3v) is 1.84. The van der Waals surface area contributed by atoms with Crippen LogP contribution in [0.2, 0.25) is 0 Å². The second-order valence-corrected chi connectivity index (χ2v) is 2.75. The molecule has 70 valence electrons. The van der Waals surface area contributed by atoms with Gasteiger partial charge in [-0.15, -0.1) is 0 Å². The number of aromatic nitrogens is 1. The Hall–Kier alpha value is -1.49. The molecule has 1 N–H and O–H groups in total. The van der Waals surface area contributed by atoms with E-state index in [1.807, 2.05) is 0 Å². The molecule has 0 spiro atoms. The number of hydrogen-bond donors (Lipinski definition) is 1. The van der Waals surface area contributed by atoms with Gasteiger partial charge in [0.1, 0.15) is 6.10 Å². The van der Waals surface area contributed by atoms with Gasteiger partial charge in [0.25, 0.3) is 0 Å². The molecule has 13 heavy (non-hydrogen) atoms. The van der Waals surface area contributed by atoms with E-state index in [1.165, 1.54) is 19.3 Å². The van der Waals surface area contributed by atoms with Crippen molar-refractivity contribution in [1.82, 2.24) is 4.98 Å². The van der Waals surface area contributed by atoms with E-state index in [0.717, 1.165) is 0 Å². The average molecular weight is 182 g/mol. The van der Waals surface area contributed by atoms with Gasteiger partial charge in [0.05, 0.1) is 0 Å². The second kappa shape index (κ2) is 3.95. The summed E-state index contributed by atoms with van der Waals surface area (Å²) in [6.07, 6.45) is 1.91. The van der Waals surface area contributed by atoms with Crippen molar-refractivity contribution in [3.63, 3.8) is 0 Å². The molecule has 0 aliphatic rings. The van der Waals surface area contributed by atoms with E-state index < -0.39 is 17.1 Å². The van der Waals surface area contributed by atoms with Crippen LogP contribution < -0.4 is 0 Å². The maximum absolute atomic E-state index is 10.3. The highest BCUT2D eigenvalue weighted by Crippen LogP contribution is 2.16. The Bertz CT molecular complexity index is 289. The number of hydrogen-bond acceptors (Lipinski definition) is 4. The van der Waals surface area contributed by atoms with Gasteiger partial charge < -0.3 is 5.11 Å². The topological polar surface area (TPSA) is 76.3 Å². The van der Waals surface area contributed by atoms with Crippen LogP contribution in [-0.2, 0) is 0 Å². The molecule has 5 nitrogen and oxygen atoms in total. The Morgan fingerprint density at radius 3 is 2.54 bits per heavy atom. The third-order valence-electron chi connectivity index (χ3n) is 1.84. The van der Waals surface area contributed by atoms with Crippen LogP contribution in [0, 0.1) is 10.1 Å². The predicted octanol–water partition coefficient (Wildman–Crippen LogP) is 0.780. The lowest BCUT2D eigenvalue weighted by atomic mass is 10.1. The zero-order chi connectivity index (χ0) is 9.84. The smallest absolute Gasteiger partial charge is 0.239 e. The number of nitrogens with zero attached hydrogens (tertiary/aromatic N) is 2. The fourth-order valence-electron chi connectivity index (χ4n) is 0.954. The Balaban J connectivity index is 2.79. The normalized spacial score (nSPS) is 14.9. The minimum atomic E-state index is -1.07. The van der Waals surface area contributed by atoms with Crippen molar-refractivity contribution < 1.29 is 10.0 Å². The summed E-state index contributed by atoms with van der Waals surface area (Å²) in [6, 6.07) is 2.12. The highest BCUT2D eigenvalue weighted by molar-refractivity contribution is 5.13. The highest BCUT2D eigenvalue weighted by atomic mass is 16.6. The summed E-state index contributed by atoms with van der Waals surface area (Å²) >= 11 is 0. The first-order valence-electron chi connectivity index (χ1n) is 3.84. The van der Waals surface area contributed by atoms with E-state index in [-0.39, 0.29) is 0 Å². The van der Waals surface area contributed by atoms with Gasteiger partial charge in [-0.25, -0.2) is 0 Å². The second-order valence-electron chi connectivity index (χ2n) is 2.75. The molecule has 0 aliphatic heterocycles. The van der Waals surface area contributed by atoms with Crippen molar-refractivity contribution in [1.29, 1.82) is 0 Å². The van der Waals surface area contributed by atoms with Crippen LogP contribution in [-0.4, -0.2) is 21.1 Å². The summed E-state index contributed by atoms with van der Waals surface area (Å²) < 4.78 is 0. The lowest BCUT2D eigenvalue weighted by molar-refractivity contribution is -0.531. The van der Waals surface area contributed by atoms with Gasteiger partial charge in [-0.3, -0.25) is 15.1 Å². The van der Waals surface area contributed by atoms with E-state index >= 15 is 0 Å². The van der Waals surface area contributed by atoms with Crippen LogP contribution in [0.4, 0.5) is 0 Å². The summed E-state index contributed by atoms with van der Waals surface area (Å²) in [7, 11) is 0. The first-order valence-corrected chi connectivity index (χ1v) is 3.84. The first kappa shape index (κ1) is 9.60. The molecule has 2 atom stereocenters. The fraction of sp³-hybridized carbons (Fsp3) is 0.375. The van der Waals surface area contributed by atoms with Crippen LogP contribution in [0.25, 0.3) is 0 Å². The van der Waals surface area contributed by atoms with Crippen LogP contribution in [0.1, 0.15) is 18.6 Å². The molecular weight excluding hydrogens is 172 g/mol. The van der Waals surface area contributed by atoms with E-state index in [0.29, 0.717) is 5.56 Å². The Morgan fingerprint density at radius 1 is 1.54 bits per heavy atom. The van der Waals surface area contributed by atoms with Gasteiger partial charge in [-0.2, -0.15) is 0 Å². The van der Waals surface area contributed by atoms with Crippen LogP contribution >= 0.6 is 0 Å². The number of aliphatic hydroxyl groups is 1. The molecule has 1 aromatic heterocycles. The molecular formula is C8H10N2O3. The van der Waals surface area contributed by atoms with Gasteiger partial charge >= 0.3 is 0 Å². The van der Waals surface area contributed by atoms with Crippen molar-refractivity contribution in [2.24, 2.45) is 0 Å². The molecule has 0 aromatic carbocycles. The molecule has 0 unspecified atom stereocenters. The molecule has 1 rings (SSSR count). The van der Waals surface area contributed by atoms with Gasteiger partial charge in [0.15, 0.2) is 0 Å². The maximum atomic E-state index is 10.3. The zero-order valence-electron chi connectivity index (χ0n) is 7.12. The lowest BCUT2D eigenvalue weighted by Crippen LogP contribution is -2.23. The number of pyridine rings is 1. The zero-order valence-corrected chi connectivity index (χ0v) is 7.12. The third kappa shape index (κ3) is 2.22. The molecule has 0 radical (unpaired) electrons. The number of nitro groups is 1. The Morgan fingerprint density at radius 2 is 2.08 bits per heavy atom. The average Bonchev–Trinajstić information content (AvgIpc) is 2.17. The monoisotopic (exact) mass is 182 g/mol. The summed E-state index contributed by atoms with van der Waals surface area (Å²) in [5.41, 5.74) is 0.513. The number of aliphatic hydroxyl groups excluding tert-OH is 1. The molecule has 0 saturated carbocycles. The predicted molar refractivity (Wildman–Crippen MR) is 45.7 cm³/mol. The Labute approximate surface area is 75.2 Å². The minimum Gasteiger partial charge on any atom is -0.381 e. The quantitative estimate of drug-likeness (QED) is 0.553. The van der Waals surface area contributed by atoms with Gasteiger partial charge in [-0.05, 0) is 17.7 Å².